The second-order valence-corrected chi connectivity index (χ2v) is 7.96. The highest BCUT2D eigenvalue weighted by Crippen LogP contribution is 2.36. The van der Waals surface area contributed by atoms with Gasteiger partial charge in [0, 0.05) is 30.7 Å². The van der Waals surface area contributed by atoms with E-state index < -0.39 is 33.6 Å². The molecular weight excluding hydrogens is 344 g/mol. The molecule has 0 aliphatic heterocycles. The SMILES string of the molecule is CS(=O)(=O)c1cc(NC(=O)C2CCC(F)(F)CC2)cc(C(=O)O)c1. The van der Waals surface area contributed by atoms with Crippen LogP contribution in [0.2, 0.25) is 0 Å². The predicted molar refractivity (Wildman–Crippen MR) is 82.0 cm³/mol. The maximum absolute atomic E-state index is 13.1. The second kappa shape index (κ2) is 6.46. The molecule has 0 spiro atoms. The molecule has 1 aromatic carbocycles. The van der Waals surface area contributed by atoms with Crippen LogP contribution in [0.1, 0.15) is 36.0 Å². The molecule has 0 saturated heterocycles. The van der Waals surface area contributed by atoms with Crippen LogP contribution in [0.15, 0.2) is 23.1 Å². The summed E-state index contributed by atoms with van der Waals surface area (Å²) in [6.07, 6.45) is 0.208. The summed E-state index contributed by atoms with van der Waals surface area (Å²) in [5.74, 6) is -5.23. The average Bonchev–Trinajstić information content (AvgIpc) is 2.45. The zero-order valence-corrected chi connectivity index (χ0v) is 13.7. The molecule has 1 fully saturated rings. The third-order valence-electron chi connectivity index (χ3n) is 3.94. The number of hydrogen-bond acceptors (Lipinski definition) is 4. The Morgan fingerprint density at radius 3 is 2.29 bits per heavy atom. The number of sulfone groups is 1. The van der Waals surface area contributed by atoms with Crippen molar-refractivity contribution in [2.75, 3.05) is 11.6 Å². The number of hydrogen-bond donors (Lipinski definition) is 2. The summed E-state index contributed by atoms with van der Waals surface area (Å²) in [5, 5.41) is 11.5. The van der Waals surface area contributed by atoms with E-state index in [1.165, 1.54) is 0 Å². The minimum Gasteiger partial charge on any atom is -0.478 e. The monoisotopic (exact) mass is 361 g/mol. The van der Waals surface area contributed by atoms with Gasteiger partial charge in [-0.15, -0.1) is 0 Å². The van der Waals surface area contributed by atoms with Gasteiger partial charge in [-0.2, -0.15) is 0 Å². The van der Waals surface area contributed by atoms with Gasteiger partial charge in [0.15, 0.2) is 9.84 Å². The topological polar surface area (TPSA) is 101 Å². The van der Waals surface area contributed by atoms with Crippen molar-refractivity contribution in [2.24, 2.45) is 5.92 Å². The Morgan fingerprint density at radius 2 is 1.79 bits per heavy atom. The van der Waals surface area contributed by atoms with Crippen LogP contribution in [0.4, 0.5) is 14.5 Å². The van der Waals surface area contributed by atoms with E-state index in [1.807, 2.05) is 0 Å². The van der Waals surface area contributed by atoms with Crippen molar-refractivity contribution in [2.45, 2.75) is 36.5 Å². The number of nitrogens with one attached hydrogen (secondary N) is 1. The standard InChI is InChI=1S/C15H17F2NO5S/c1-24(22,23)12-7-10(14(20)21)6-11(8-12)18-13(19)9-2-4-15(16,17)5-3-9/h6-9H,2-5H2,1H3,(H,18,19)(H,20,21). The Bertz CT molecular complexity index is 766. The summed E-state index contributed by atoms with van der Waals surface area (Å²) < 4.78 is 49.5. The first-order valence-electron chi connectivity index (χ1n) is 7.25. The maximum atomic E-state index is 13.1. The molecule has 9 heteroatoms. The highest BCUT2D eigenvalue weighted by molar-refractivity contribution is 7.90. The van der Waals surface area contributed by atoms with E-state index in [0.717, 1.165) is 24.5 Å². The van der Waals surface area contributed by atoms with E-state index in [2.05, 4.69) is 5.32 Å². The predicted octanol–water partition coefficient (Wildman–Crippen LogP) is 2.55. The summed E-state index contributed by atoms with van der Waals surface area (Å²) >= 11 is 0. The van der Waals surface area contributed by atoms with Gasteiger partial charge in [0.2, 0.25) is 11.8 Å². The first-order chi connectivity index (χ1) is 11.0. The number of carbonyl (C=O) groups is 2. The van der Waals surface area contributed by atoms with Crippen LogP contribution in [0.5, 0.6) is 0 Å². The Morgan fingerprint density at radius 1 is 1.21 bits per heavy atom. The van der Waals surface area contributed by atoms with E-state index >= 15 is 0 Å². The Labute approximate surface area is 137 Å². The third kappa shape index (κ3) is 4.50. The van der Waals surface area contributed by atoms with Crippen LogP contribution < -0.4 is 5.32 Å². The number of benzene rings is 1. The normalized spacial score (nSPS) is 18.1. The fourth-order valence-corrected chi connectivity index (χ4v) is 3.24. The van der Waals surface area contributed by atoms with E-state index in [0.29, 0.717) is 0 Å². The van der Waals surface area contributed by atoms with Gasteiger partial charge in [-0.1, -0.05) is 0 Å². The lowest BCUT2D eigenvalue weighted by atomic mass is 9.86. The number of alkyl halides is 2. The number of carbonyl (C=O) groups excluding carboxylic acids is 1. The van der Waals surface area contributed by atoms with E-state index in [4.69, 9.17) is 5.11 Å². The lowest BCUT2D eigenvalue weighted by Crippen LogP contribution is -2.31. The van der Waals surface area contributed by atoms with Crippen molar-refractivity contribution < 1.29 is 31.9 Å². The molecule has 0 unspecified atom stereocenters. The zero-order chi connectivity index (χ0) is 18.1. The molecule has 6 nitrogen and oxygen atoms in total. The van der Waals surface area contributed by atoms with Crippen LogP contribution in [0.3, 0.4) is 0 Å². The quantitative estimate of drug-likeness (QED) is 0.858. The first-order valence-corrected chi connectivity index (χ1v) is 9.14. The lowest BCUT2D eigenvalue weighted by Gasteiger charge is -2.27. The molecule has 2 N–H and O–H groups in total. The summed E-state index contributed by atoms with van der Waals surface area (Å²) in [5.41, 5.74) is -0.277. The van der Waals surface area contributed by atoms with Crippen molar-refractivity contribution in [1.82, 2.24) is 0 Å². The minimum absolute atomic E-state index is 0.0117. The third-order valence-corrected chi connectivity index (χ3v) is 5.03. The van der Waals surface area contributed by atoms with Crippen molar-refractivity contribution >= 4 is 27.4 Å². The number of anilines is 1. The smallest absolute Gasteiger partial charge is 0.335 e. The van der Waals surface area contributed by atoms with E-state index in [9.17, 15) is 26.8 Å². The largest absolute Gasteiger partial charge is 0.478 e. The Hall–Kier alpha value is -2.03. The first kappa shape index (κ1) is 18.3. The number of aromatic carboxylic acids is 1. The average molecular weight is 361 g/mol. The number of amides is 1. The lowest BCUT2D eigenvalue weighted by molar-refractivity contribution is -0.124. The van der Waals surface area contributed by atoms with E-state index in [1.54, 1.807) is 0 Å². The molecule has 1 aliphatic rings. The van der Waals surface area contributed by atoms with Gasteiger partial charge in [-0.05, 0) is 31.0 Å². The molecule has 132 valence electrons. The molecule has 0 heterocycles. The number of carboxylic acid groups (broad SMARTS) is 1. The van der Waals surface area contributed by atoms with Gasteiger partial charge in [-0.25, -0.2) is 22.0 Å². The van der Waals surface area contributed by atoms with E-state index in [-0.39, 0.29) is 41.8 Å². The van der Waals surface area contributed by atoms with Gasteiger partial charge >= 0.3 is 5.97 Å². The minimum atomic E-state index is -3.67. The van der Waals surface area contributed by atoms with Crippen molar-refractivity contribution in [1.29, 1.82) is 0 Å². The molecular formula is C15H17F2NO5S. The van der Waals surface area contributed by atoms with Crippen molar-refractivity contribution in [3.63, 3.8) is 0 Å². The van der Waals surface area contributed by atoms with Crippen molar-refractivity contribution in [3.8, 4) is 0 Å². The van der Waals surface area contributed by atoms with Crippen LogP contribution in [0.25, 0.3) is 0 Å². The summed E-state index contributed by atoms with van der Waals surface area (Å²) in [6, 6.07) is 3.28. The number of carboxylic acids is 1. The summed E-state index contributed by atoms with van der Waals surface area (Å²) in [6.45, 7) is 0. The molecule has 1 aromatic rings. The van der Waals surface area contributed by atoms with Gasteiger partial charge in [0.1, 0.15) is 0 Å². The van der Waals surface area contributed by atoms with Crippen molar-refractivity contribution in [3.05, 3.63) is 23.8 Å². The Kier molecular flexibility index (Phi) is 4.93. The van der Waals surface area contributed by atoms with Crippen LogP contribution in [-0.2, 0) is 14.6 Å². The zero-order valence-electron chi connectivity index (χ0n) is 12.9. The molecule has 0 atom stereocenters. The summed E-state index contributed by atoms with van der Waals surface area (Å²) in [7, 11) is -3.67. The molecule has 0 radical (unpaired) electrons. The fourth-order valence-electron chi connectivity index (χ4n) is 2.56. The Balaban J connectivity index is 2.21. The van der Waals surface area contributed by atoms with Crippen LogP contribution in [-0.4, -0.2) is 37.6 Å². The highest BCUT2D eigenvalue weighted by atomic mass is 32.2. The molecule has 1 amide bonds. The van der Waals surface area contributed by atoms with Crippen LogP contribution >= 0.6 is 0 Å². The van der Waals surface area contributed by atoms with Gasteiger partial charge < -0.3 is 10.4 Å². The summed E-state index contributed by atoms with van der Waals surface area (Å²) in [4.78, 5) is 23.0. The molecule has 24 heavy (non-hydrogen) atoms. The van der Waals surface area contributed by atoms with Gasteiger partial charge in [0.05, 0.1) is 10.5 Å². The molecule has 1 aliphatic carbocycles. The number of halogens is 2. The molecule has 0 aromatic heterocycles. The van der Waals surface area contributed by atoms with Crippen LogP contribution in [0, 0.1) is 5.92 Å². The molecule has 0 bridgehead atoms. The fraction of sp³-hybridized carbons (Fsp3) is 0.467. The maximum Gasteiger partial charge on any atom is 0.335 e. The van der Waals surface area contributed by atoms with Gasteiger partial charge in [-0.3, -0.25) is 4.79 Å². The molecule has 1 saturated carbocycles. The number of rotatable bonds is 4. The molecule has 2 rings (SSSR count). The second-order valence-electron chi connectivity index (χ2n) is 5.94. The highest BCUT2D eigenvalue weighted by Gasteiger charge is 2.37. The van der Waals surface area contributed by atoms with Gasteiger partial charge in [0.25, 0.3) is 0 Å².